The molecule has 1 aliphatic rings. The lowest BCUT2D eigenvalue weighted by Gasteiger charge is -2.30. The molecule has 0 spiro atoms. The van der Waals surface area contributed by atoms with Crippen LogP contribution in [0, 0.1) is 0 Å². The molecule has 1 aromatic rings. The number of nitrogens with zero attached hydrogens (tertiary/aromatic N) is 2. The third-order valence-electron chi connectivity index (χ3n) is 2.85. The lowest BCUT2D eigenvalue weighted by Crippen LogP contribution is -2.37. The van der Waals surface area contributed by atoms with Gasteiger partial charge in [-0.25, -0.2) is 4.99 Å². The number of ether oxygens (including phenoxy) is 1. The Labute approximate surface area is 102 Å². The molecule has 4 nitrogen and oxygen atoms in total. The quantitative estimate of drug-likeness (QED) is 0.859. The summed E-state index contributed by atoms with van der Waals surface area (Å²) >= 11 is 0. The van der Waals surface area contributed by atoms with Gasteiger partial charge in [0.25, 0.3) is 6.02 Å². The first-order chi connectivity index (χ1) is 8.16. The number of benzene rings is 1. The normalized spacial score (nSPS) is 19.0. The minimum absolute atomic E-state index is 0.137. The van der Waals surface area contributed by atoms with Gasteiger partial charge in [0.2, 0.25) is 0 Å². The predicted octanol–water partition coefficient (Wildman–Crippen LogP) is 1.61. The molecule has 1 atom stereocenters. The smallest absolute Gasteiger partial charge is 0.282 e. The predicted molar refractivity (Wildman–Crippen MR) is 70.3 cm³/mol. The number of rotatable bonds is 4. The fourth-order valence-corrected chi connectivity index (χ4v) is 1.99. The molecule has 1 unspecified atom stereocenters. The van der Waals surface area contributed by atoms with Crippen LogP contribution in [0.2, 0.25) is 0 Å². The Bertz CT molecular complexity index is 389. The van der Waals surface area contributed by atoms with Crippen molar-refractivity contribution in [2.24, 2.45) is 10.7 Å². The first kappa shape index (κ1) is 11.8. The molecule has 0 fully saturated rings. The summed E-state index contributed by atoms with van der Waals surface area (Å²) in [7, 11) is 0. The van der Waals surface area contributed by atoms with Crippen molar-refractivity contribution in [3.8, 4) is 0 Å². The van der Waals surface area contributed by atoms with Gasteiger partial charge in [-0.2, -0.15) is 0 Å². The van der Waals surface area contributed by atoms with Gasteiger partial charge in [-0.1, -0.05) is 18.2 Å². The first-order valence-corrected chi connectivity index (χ1v) is 5.94. The van der Waals surface area contributed by atoms with E-state index in [1.807, 2.05) is 18.2 Å². The molecule has 17 heavy (non-hydrogen) atoms. The zero-order chi connectivity index (χ0) is 12.3. The first-order valence-electron chi connectivity index (χ1n) is 5.94. The summed E-state index contributed by atoms with van der Waals surface area (Å²) < 4.78 is 5.18. The number of para-hydroxylation sites is 1. The second-order valence-corrected chi connectivity index (χ2v) is 4.51. The van der Waals surface area contributed by atoms with Crippen LogP contribution in [0.15, 0.2) is 35.3 Å². The highest BCUT2D eigenvalue weighted by Crippen LogP contribution is 2.18. The molecule has 2 N–H and O–H groups in total. The number of anilines is 1. The van der Waals surface area contributed by atoms with Crippen LogP contribution in [0.1, 0.15) is 13.8 Å². The van der Waals surface area contributed by atoms with Gasteiger partial charge in [0.05, 0.1) is 0 Å². The van der Waals surface area contributed by atoms with Gasteiger partial charge in [0.15, 0.2) is 0 Å². The van der Waals surface area contributed by atoms with Crippen molar-refractivity contribution in [3.63, 3.8) is 0 Å². The molecule has 1 aromatic carbocycles. The van der Waals surface area contributed by atoms with Gasteiger partial charge in [-0.05, 0) is 26.0 Å². The Morgan fingerprint density at radius 1 is 1.41 bits per heavy atom. The van der Waals surface area contributed by atoms with Crippen molar-refractivity contribution in [2.75, 3.05) is 18.1 Å². The summed E-state index contributed by atoms with van der Waals surface area (Å²) in [5.41, 5.74) is 6.74. The van der Waals surface area contributed by atoms with E-state index in [9.17, 15) is 0 Å². The largest absolute Gasteiger partial charge is 0.463 e. The maximum atomic E-state index is 5.52. The Hall–Kier alpha value is -1.71. The standard InChI is InChI=1S/C13H19N3O/c1-10(2)16(12-6-4-3-5-7-12)8-11-9-17-13(14)15-11/h3-7,10-11H,8-9H2,1-2H3,(H2,14,15). The van der Waals surface area contributed by atoms with Gasteiger partial charge in [-0.3, -0.25) is 0 Å². The van der Waals surface area contributed by atoms with Crippen molar-refractivity contribution in [3.05, 3.63) is 30.3 Å². The average Bonchev–Trinajstić information content (AvgIpc) is 2.73. The molecule has 1 aliphatic heterocycles. The van der Waals surface area contributed by atoms with Gasteiger partial charge < -0.3 is 15.4 Å². The summed E-state index contributed by atoms with van der Waals surface area (Å²) in [5, 5.41) is 0. The Balaban J connectivity index is 2.09. The van der Waals surface area contributed by atoms with E-state index in [-0.39, 0.29) is 6.04 Å². The molecule has 0 aromatic heterocycles. The van der Waals surface area contributed by atoms with Crippen molar-refractivity contribution in [1.82, 2.24) is 0 Å². The highest BCUT2D eigenvalue weighted by Gasteiger charge is 2.21. The fourth-order valence-electron chi connectivity index (χ4n) is 1.99. The van der Waals surface area contributed by atoms with E-state index < -0.39 is 0 Å². The average molecular weight is 233 g/mol. The lowest BCUT2D eigenvalue weighted by atomic mass is 10.2. The molecule has 0 radical (unpaired) electrons. The van der Waals surface area contributed by atoms with E-state index in [4.69, 9.17) is 10.5 Å². The molecule has 0 bridgehead atoms. The molecule has 0 aliphatic carbocycles. The molecule has 0 saturated heterocycles. The Morgan fingerprint density at radius 2 is 2.12 bits per heavy atom. The number of hydrogen-bond donors (Lipinski definition) is 1. The van der Waals surface area contributed by atoms with Crippen LogP contribution >= 0.6 is 0 Å². The van der Waals surface area contributed by atoms with E-state index in [2.05, 4.69) is 35.9 Å². The van der Waals surface area contributed by atoms with E-state index in [1.54, 1.807) is 0 Å². The fraction of sp³-hybridized carbons (Fsp3) is 0.462. The zero-order valence-electron chi connectivity index (χ0n) is 10.3. The number of amidine groups is 1. The SMILES string of the molecule is CC(C)N(CC1COC(N)=N1)c1ccccc1. The van der Waals surface area contributed by atoms with Crippen molar-refractivity contribution >= 4 is 11.7 Å². The van der Waals surface area contributed by atoms with Crippen LogP contribution in [0.3, 0.4) is 0 Å². The second kappa shape index (κ2) is 5.08. The van der Waals surface area contributed by atoms with Crippen LogP contribution in [0.5, 0.6) is 0 Å². The zero-order valence-corrected chi connectivity index (χ0v) is 10.3. The number of aliphatic imine (C=N–C) groups is 1. The van der Waals surface area contributed by atoms with E-state index >= 15 is 0 Å². The third-order valence-corrected chi connectivity index (χ3v) is 2.85. The summed E-state index contributed by atoms with van der Waals surface area (Å²) in [6.45, 7) is 5.77. The minimum atomic E-state index is 0.137. The summed E-state index contributed by atoms with van der Waals surface area (Å²) in [4.78, 5) is 6.58. The maximum absolute atomic E-state index is 5.52. The molecule has 0 amide bonds. The summed E-state index contributed by atoms with van der Waals surface area (Å²) in [6, 6.07) is 11.2. The number of nitrogens with two attached hydrogens (primary N) is 1. The Kier molecular flexibility index (Phi) is 3.52. The van der Waals surface area contributed by atoms with Crippen LogP contribution in [0.25, 0.3) is 0 Å². The molecule has 0 saturated carbocycles. The monoisotopic (exact) mass is 233 g/mol. The Morgan fingerprint density at radius 3 is 2.65 bits per heavy atom. The summed E-state index contributed by atoms with van der Waals surface area (Å²) in [6.07, 6.45) is 0. The molecule has 2 rings (SSSR count). The topological polar surface area (TPSA) is 50.9 Å². The molecular formula is C13H19N3O. The minimum Gasteiger partial charge on any atom is -0.463 e. The van der Waals surface area contributed by atoms with Crippen LogP contribution in [-0.4, -0.2) is 31.3 Å². The van der Waals surface area contributed by atoms with Gasteiger partial charge >= 0.3 is 0 Å². The molecular weight excluding hydrogens is 214 g/mol. The van der Waals surface area contributed by atoms with Gasteiger partial charge in [0.1, 0.15) is 12.6 Å². The third kappa shape index (κ3) is 2.90. The molecule has 92 valence electrons. The van der Waals surface area contributed by atoms with E-state index in [0.717, 1.165) is 6.54 Å². The highest BCUT2D eigenvalue weighted by atomic mass is 16.5. The van der Waals surface area contributed by atoms with Gasteiger partial charge in [0, 0.05) is 18.3 Å². The van der Waals surface area contributed by atoms with Crippen molar-refractivity contribution in [1.29, 1.82) is 0 Å². The maximum Gasteiger partial charge on any atom is 0.282 e. The van der Waals surface area contributed by atoms with E-state index in [1.165, 1.54) is 5.69 Å². The van der Waals surface area contributed by atoms with Crippen LogP contribution in [-0.2, 0) is 4.74 Å². The van der Waals surface area contributed by atoms with Crippen LogP contribution < -0.4 is 10.6 Å². The van der Waals surface area contributed by atoms with Gasteiger partial charge in [-0.15, -0.1) is 0 Å². The number of hydrogen-bond acceptors (Lipinski definition) is 4. The second-order valence-electron chi connectivity index (χ2n) is 4.51. The molecule has 1 heterocycles. The molecule has 4 heteroatoms. The lowest BCUT2D eigenvalue weighted by molar-refractivity contribution is 0.312. The summed E-state index contributed by atoms with van der Waals surface area (Å²) in [5.74, 6) is 0. The highest BCUT2D eigenvalue weighted by molar-refractivity contribution is 5.73. The van der Waals surface area contributed by atoms with Crippen molar-refractivity contribution in [2.45, 2.75) is 25.9 Å². The van der Waals surface area contributed by atoms with E-state index in [0.29, 0.717) is 18.7 Å². The van der Waals surface area contributed by atoms with Crippen LogP contribution in [0.4, 0.5) is 5.69 Å². The van der Waals surface area contributed by atoms with Crippen molar-refractivity contribution < 1.29 is 4.74 Å².